The monoisotopic (exact) mass is 337 g/mol. The molecule has 0 aliphatic heterocycles. The topological polar surface area (TPSA) is 81.8 Å². The molecule has 1 amide bonds. The SMILES string of the molecule is Cn1ncc2c1CCC[C@H]2NC(=O)Cn1cnc2ccccc2c1=O. The van der Waals surface area contributed by atoms with Gasteiger partial charge in [0.15, 0.2) is 0 Å². The van der Waals surface area contributed by atoms with Gasteiger partial charge in [0.1, 0.15) is 6.54 Å². The molecule has 0 radical (unpaired) electrons. The Labute approximate surface area is 144 Å². The second-order valence-electron chi connectivity index (χ2n) is 6.38. The number of benzene rings is 1. The number of carbonyl (C=O) groups excluding carboxylic acids is 1. The van der Waals surface area contributed by atoms with E-state index in [9.17, 15) is 9.59 Å². The van der Waals surface area contributed by atoms with E-state index in [1.54, 1.807) is 18.2 Å². The van der Waals surface area contributed by atoms with Crippen LogP contribution in [0.25, 0.3) is 10.9 Å². The molecule has 0 saturated heterocycles. The van der Waals surface area contributed by atoms with E-state index in [1.165, 1.54) is 16.6 Å². The second-order valence-corrected chi connectivity index (χ2v) is 6.38. The lowest BCUT2D eigenvalue weighted by Gasteiger charge is -2.24. The Kier molecular flexibility index (Phi) is 3.83. The third-order valence-electron chi connectivity index (χ3n) is 4.76. The van der Waals surface area contributed by atoms with E-state index < -0.39 is 0 Å². The van der Waals surface area contributed by atoms with Crippen LogP contribution in [-0.2, 0) is 24.8 Å². The Morgan fingerprint density at radius 2 is 2.20 bits per heavy atom. The van der Waals surface area contributed by atoms with Gasteiger partial charge < -0.3 is 5.32 Å². The first-order chi connectivity index (χ1) is 12.1. The molecule has 0 fully saturated rings. The predicted molar refractivity (Wildman–Crippen MR) is 93.0 cm³/mol. The average molecular weight is 337 g/mol. The number of carbonyl (C=O) groups is 1. The van der Waals surface area contributed by atoms with Gasteiger partial charge in [-0.05, 0) is 31.4 Å². The molecule has 1 aliphatic carbocycles. The van der Waals surface area contributed by atoms with Gasteiger partial charge >= 0.3 is 0 Å². The van der Waals surface area contributed by atoms with Gasteiger partial charge in [-0.1, -0.05) is 12.1 Å². The highest BCUT2D eigenvalue weighted by Gasteiger charge is 2.24. The van der Waals surface area contributed by atoms with Crippen molar-refractivity contribution in [3.63, 3.8) is 0 Å². The van der Waals surface area contributed by atoms with E-state index in [1.807, 2.05) is 24.0 Å². The molecule has 128 valence electrons. The number of aromatic nitrogens is 4. The van der Waals surface area contributed by atoms with Crippen molar-refractivity contribution in [2.24, 2.45) is 7.05 Å². The molecule has 1 aliphatic rings. The molecular weight excluding hydrogens is 318 g/mol. The highest BCUT2D eigenvalue weighted by atomic mass is 16.2. The molecule has 0 spiro atoms. The molecule has 0 unspecified atom stereocenters. The van der Waals surface area contributed by atoms with Crippen molar-refractivity contribution in [2.45, 2.75) is 31.8 Å². The van der Waals surface area contributed by atoms with E-state index in [0.717, 1.165) is 24.8 Å². The number of rotatable bonds is 3. The van der Waals surface area contributed by atoms with Crippen LogP contribution in [0.3, 0.4) is 0 Å². The van der Waals surface area contributed by atoms with Gasteiger partial charge in [0.05, 0.1) is 29.5 Å². The molecule has 0 saturated carbocycles. The Morgan fingerprint density at radius 3 is 3.08 bits per heavy atom. The normalized spacial score (nSPS) is 16.6. The van der Waals surface area contributed by atoms with E-state index in [4.69, 9.17) is 0 Å². The Hall–Kier alpha value is -2.96. The lowest BCUT2D eigenvalue weighted by molar-refractivity contribution is -0.122. The Morgan fingerprint density at radius 1 is 1.36 bits per heavy atom. The average Bonchev–Trinajstić information content (AvgIpc) is 3.00. The maximum absolute atomic E-state index is 12.5. The van der Waals surface area contributed by atoms with E-state index in [0.29, 0.717) is 10.9 Å². The summed E-state index contributed by atoms with van der Waals surface area (Å²) in [6.45, 7) is -0.0389. The van der Waals surface area contributed by atoms with E-state index >= 15 is 0 Å². The number of hydrogen-bond donors (Lipinski definition) is 1. The van der Waals surface area contributed by atoms with E-state index in [-0.39, 0.29) is 24.1 Å². The van der Waals surface area contributed by atoms with Gasteiger partial charge in [-0.15, -0.1) is 0 Å². The van der Waals surface area contributed by atoms with Crippen molar-refractivity contribution in [3.8, 4) is 0 Å². The molecule has 0 bridgehead atoms. The molecule has 4 rings (SSSR count). The van der Waals surface area contributed by atoms with Crippen molar-refractivity contribution < 1.29 is 4.79 Å². The molecule has 2 aromatic heterocycles. The fraction of sp³-hybridized carbons (Fsp3) is 0.333. The molecule has 7 nitrogen and oxygen atoms in total. The number of fused-ring (bicyclic) bond motifs is 2. The standard InChI is InChI=1S/C18H19N5O2/c1-22-16-8-4-7-15(13(16)9-20-22)21-17(24)10-23-11-19-14-6-3-2-5-12(14)18(23)25/h2-3,5-6,9,11,15H,4,7-8,10H2,1H3,(H,21,24)/t15-/m1/s1. The van der Waals surface area contributed by atoms with Crippen molar-refractivity contribution in [2.75, 3.05) is 0 Å². The van der Waals surface area contributed by atoms with Gasteiger partial charge in [-0.2, -0.15) is 5.10 Å². The minimum atomic E-state index is -0.202. The zero-order valence-corrected chi connectivity index (χ0v) is 14.0. The predicted octanol–water partition coefficient (Wildman–Crippen LogP) is 1.32. The molecule has 1 N–H and O–H groups in total. The first kappa shape index (κ1) is 15.6. The van der Waals surface area contributed by atoms with E-state index in [2.05, 4.69) is 15.4 Å². The van der Waals surface area contributed by atoms with Crippen LogP contribution in [0.1, 0.15) is 30.1 Å². The summed E-state index contributed by atoms with van der Waals surface area (Å²) in [4.78, 5) is 29.2. The van der Waals surface area contributed by atoms with Gasteiger partial charge in [0.2, 0.25) is 5.91 Å². The third-order valence-corrected chi connectivity index (χ3v) is 4.76. The highest BCUT2D eigenvalue weighted by Crippen LogP contribution is 2.28. The largest absolute Gasteiger partial charge is 0.348 e. The summed E-state index contributed by atoms with van der Waals surface area (Å²) in [5.41, 5.74) is 2.68. The second kappa shape index (κ2) is 6.16. The lowest BCUT2D eigenvalue weighted by atomic mass is 9.93. The lowest BCUT2D eigenvalue weighted by Crippen LogP contribution is -2.36. The Bertz CT molecular complexity index is 1000. The summed E-state index contributed by atoms with van der Waals surface area (Å²) in [6.07, 6.45) is 6.13. The van der Waals surface area contributed by atoms with Crippen molar-refractivity contribution in [3.05, 3.63) is 58.4 Å². The van der Waals surface area contributed by atoms with Crippen molar-refractivity contribution >= 4 is 16.8 Å². The minimum Gasteiger partial charge on any atom is -0.348 e. The molecular formula is C18H19N5O2. The molecule has 1 atom stereocenters. The zero-order valence-electron chi connectivity index (χ0n) is 14.0. The first-order valence-electron chi connectivity index (χ1n) is 8.38. The van der Waals surface area contributed by atoms with Crippen LogP contribution in [0.4, 0.5) is 0 Å². The smallest absolute Gasteiger partial charge is 0.261 e. The van der Waals surface area contributed by atoms with Crippen LogP contribution in [0.2, 0.25) is 0 Å². The Balaban J connectivity index is 1.54. The summed E-state index contributed by atoms with van der Waals surface area (Å²) < 4.78 is 3.22. The molecule has 2 heterocycles. The molecule has 7 heteroatoms. The number of amides is 1. The number of aryl methyl sites for hydroxylation is 1. The maximum atomic E-state index is 12.5. The van der Waals surface area contributed by atoms with Crippen LogP contribution in [0.15, 0.2) is 41.6 Å². The maximum Gasteiger partial charge on any atom is 0.261 e. The molecule has 3 aromatic rings. The van der Waals surface area contributed by atoms with Crippen molar-refractivity contribution in [1.29, 1.82) is 0 Å². The van der Waals surface area contributed by atoms with Crippen molar-refractivity contribution in [1.82, 2.24) is 24.6 Å². The first-order valence-corrected chi connectivity index (χ1v) is 8.38. The van der Waals surface area contributed by atoms with Crippen LogP contribution < -0.4 is 10.9 Å². The summed E-state index contributed by atoms with van der Waals surface area (Å²) in [6, 6.07) is 7.09. The summed E-state index contributed by atoms with van der Waals surface area (Å²) in [5, 5.41) is 7.84. The third kappa shape index (κ3) is 2.82. The van der Waals surface area contributed by atoms with Gasteiger partial charge in [-0.3, -0.25) is 18.8 Å². The van der Waals surface area contributed by atoms with Crippen LogP contribution in [-0.4, -0.2) is 25.2 Å². The summed E-state index contributed by atoms with van der Waals surface area (Å²) in [7, 11) is 1.92. The van der Waals surface area contributed by atoms with Gasteiger partial charge in [0, 0.05) is 18.3 Å². The fourth-order valence-electron chi connectivity index (χ4n) is 3.47. The van der Waals surface area contributed by atoms with Gasteiger partial charge in [0.25, 0.3) is 5.56 Å². The van der Waals surface area contributed by atoms with Crippen LogP contribution in [0, 0.1) is 0 Å². The van der Waals surface area contributed by atoms with Crippen LogP contribution in [0.5, 0.6) is 0 Å². The number of hydrogen-bond acceptors (Lipinski definition) is 4. The van der Waals surface area contributed by atoms with Crippen LogP contribution >= 0.6 is 0 Å². The molecule has 1 aromatic carbocycles. The number of nitrogens with zero attached hydrogens (tertiary/aromatic N) is 4. The number of nitrogens with one attached hydrogen (secondary N) is 1. The quantitative estimate of drug-likeness (QED) is 0.781. The molecule has 25 heavy (non-hydrogen) atoms. The minimum absolute atomic E-state index is 0.0389. The highest BCUT2D eigenvalue weighted by molar-refractivity contribution is 5.79. The summed E-state index contributed by atoms with van der Waals surface area (Å²) in [5.74, 6) is -0.194. The zero-order chi connectivity index (χ0) is 17.4. The number of para-hydroxylation sites is 1. The summed E-state index contributed by atoms with van der Waals surface area (Å²) >= 11 is 0. The fourth-order valence-corrected chi connectivity index (χ4v) is 3.47. The van der Waals surface area contributed by atoms with Gasteiger partial charge in [-0.25, -0.2) is 4.98 Å².